The Morgan fingerprint density at radius 1 is 1.03 bits per heavy atom. The Labute approximate surface area is 194 Å². The van der Waals surface area contributed by atoms with Crippen LogP contribution in [0.25, 0.3) is 0 Å². The topological polar surface area (TPSA) is 58.9 Å². The summed E-state index contributed by atoms with van der Waals surface area (Å²) < 4.78 is 47.4. The van der Waals surface area contributed by atoms with Crippen molar-refractivity contribution in [3.8, 4) is 0 Å². The summed E-state index contributed by atoms with van der Waals surface area (Å²) in [7, 11) is 0. The number of aromatic nitrogens is 4. The summed E-state index contributed by atoms with van der Waals surface area (Å²) in [5, 5.41) is 9.50. The molecule has 3 aromatic rings. The molecule has 1 aromatic carbocycles. The van der Waals surface area contributed by atoms with Gasteiger partial charge in [0.1, 0.15) is 10.8 Å². The van der Waals surface area contributed by atoms with Crippen LogP contribution in [-0.4, -0.2) is 38.3 Å². The minimum atomic E-state index is -1.44. The van der Waals surface area contributed by atoms with Crippen molar-refractivity contribution in [3.63, 3.8) is 0 Å². The number of hydrogen-bond acceptors (Lipinski definition) is 6. The molecule has 6 rings (SSSR count). The number of nitrogens with zero attached hydrogens (tertiary/aromatic N) is 5. The normalized spacial score (nSPS) is 26.5. The maximum Gasteiger partial charge on any atom is 0.242 e. The molecule has 1 N–H and O–H groups in total. The van der Waals surface area contributed by atoms with Crippen LogP contribution in [-0.2, 0) is 6.54 Å². The Kier molecular flexibility index (Phi) is 5.08. The van der Waals surface area contributed by atoms with Crippen molar-refractivity contribution in [2.75, 3.05) is 23.3 Å². The zero-order chi connectivity index (χ0) is 22.7. The van der Waals surface area contributed by atoms with Crippen molar-refractivity contribution in [2.24, 2.45) is 11.8 Å². The Morgan fingerprint density at radius 2 is 1.76 bits per heavy atom. The lowest BCUT2D eigenvalue weighted by Crippen LogP contribution is -2.48. The molecule has 0 radical (unpaired) electrons. The van der Waals surface area contributed by atoms with Gasteiger partial charge in [0.15, 0.2) is 17.5 Å². The maximum absolute atomic E-state index is 13.9. The molecule has 4 atom stereocenters. The number of nitrogens with one attached hydrogen (secondary N) is 1. The van der Waals surface area contributed by atoms with Crippen LogP contribution in [0.15, 0.2) is 18.2 Å². The fraction of sp³-hybridized carbons (Fsp3) is 0.522. The van der Waals surface area contributed by atoms with E-state index in [2.05, 4.69) is 25.8 Å². The predicted molar refractivity (Wildman–Crippen MR) is 120 cm³/mol. The van der Waals surface area contributed by atoms with E-state index in [1.54, 1.807) is 11.5 Å². The SMILES string of the molecule is Cc1cc(N2CC3CC[C@@H](C2)[C@@H]3Nc2nc3n(n2)CCCC3c2cc(F)c(F)c(F)c2)sn1. The molecule has 2 unspecified atom stereocenters. The Bertz CT molecular complexity index is 1160. The number of piperidine rings is 1. The van der Waals surface area contributed by atoms with E-state index in [1.165, 1.54) is 17.8 Å². The van der Waals surface area contributed by atoms with Crippen molar-refractivity contribution in [2.45, 2.75) is 51.1 Å². The molecule has 1 aliphatic carbocycles. The average Bonchev–Trinajstić information content (AvgIpc) is 3.47. The molecule has 2 aromatic heterocycles. The van der Waals surface area contributed by atoms with E-state index in [1.807, 2.05) is 11.6 Å². The van der Waals surface area contributed by atoms with Crippen LogP contribution in [0.2, 0.25) is 0 Å². The highest BCUT2D eigenvalue weighted by atomic mass is 32.1. The van der Waals surface area contributed by atoms with Gasteiger partial charge in [0.2, 0.25) is 5.95 Å². The van der Waals surface area contributed by atoms with Gasteiger partial charge >= 0.3 is 0 Å². The third-order valence-electron chi connectivity index (χ3n) is 7.34. The minimum absolute atomic E-state index is 0.305. The van der Waals surface area contributed by atoms with E-state index in [0.29, 0.717) is 48.2 Å². The molecular formula is C23H25F3N6S. The Morgan fingerprint density at radius 3 is 2.42 bits per heavy atom. The second-order valence-electron chi connectivity index (χ2n) is 9.49. The van der Waals surface area contributed by atoms with Gasteiger partial charge in [0.25, 0.3) is 0 Å². The van der Waals surface area contributed by atoms with Crippen LogP contribution in [0.3, 0.4) is 0 Å². The molecule has 6 nitrogen and oxygen atoms in total. The van der Waals surface area contributed by atoms with Gasteiger partial charge in [-0.25, -0.2) is 17.9 Å². The zero-order valence-corrected chi connectivity index (χ0v) is 19.1. The van der Waals surface area contributed by atoms with E-state index in [4.69, 9.17) is 4.98 Å². The molecule has 33 heavy (non-hydrogen) atoms. The lowest BCUT2D eigenvalue weighted by atomic mass is 9.91. The third-order valence-corrected chi connectivity index (χ3v) is 8.28. The van der Waals surface area contributed by atoms with E-state index in [9.17, 15) is 13.2 Å². The predicted octanol–water partition coefficient (Wildman–Crippen LogP) is 4.71. The van der Waals surface area contributed by atoms with Crippen LogP contribution in [0, 0.1) is 36.2 Å². The van der Waals surface area contributed by atoms with Gasteiger partial charge in [-0.2, -0.15) is 9.36 Å². The van der Waals surface area contributed by atoms with Crippen LogP contribution in [0.5, 0.6) is 0 Å². The Hall–Kier alpha value is -2.62. The summed E-state index contributed by atoms with van der Waals surface area (Å²) in [6.07, 6.45) is 3.85. The van der Waals surface area contributed by atoms with Gasteiger partial charge in [-0.05, 0) is 79.7 Å². The number of halogens is 3. The van der Waals surface area contributed by atoms with Crippen LogP contribution in [0.4, 0.5) is 24.1 Å². The highest BCUT2D eigenvalue weighted by molar-refractivity contribution is 7.10. The molecular weight excluding hydrogens is 449 g/mol. The van der Waals surface area contributed by atoms with Crippen LogP contribution < -0.4 is 10.2 Å². The van der Waals surface area contributed by atoms with Gasteiger partial charge in [-0.15, -0.1) is 5.10 Å². The lowest BCUT2D eigenvalue weighted by molar-refractivity contribution is 0.377. The summed E-state index contributed by atoms with van der Waals surface area (Å²) in [6.45, 7) is 4.71. The fourth-order valence-electron chi connectivity index (χ4n) is 5.79. The van der Waals surface area contributed by atoms with Crippen LogP contribution in [0.1, 0.15) is 48.7 Å². The smallest absolute Gasteiger partial charge is 0.242 e. The Balaban J connectivity index is 1.22. The minimum Gasteiger partial charge on any atom is -0.361 e. The molecule has 2 aliphatic heterocycles. The molecule has 3 aliphatic rings. The molecule has 4 heterocycles. The number of fused-ring (bicyclic) bond motifs is 3. The van der Waals surface area contributed by atoms with E-state index in [-0.39, 0.29) is 5.92 Å². The fourth-order valence-corrected chi connectivity index (χ4v) is 6.57. The summed E-state index contributed by atoms with van der Waals surface area (Å²) >= 11 is 1.56. The second-order valence-corrected chi connectivity index (χ2v) is 10.3. The average molecular weight is 475 g/mol. The molecule has 2 fully saturated rings. The van der Waals surface area contributed by atoms with Gasteiger partial charge in [0, 0.05) is 31.6 Å². The van der Waals surface area contributed by atoms with Crippen molar-refractivity contribution >= 4 is 22.5 Å². The molecule has 0 amide bonds. The second kappa shape index (κ2) is 8.00. The number of anilines is 2. The number of benzene rings is 1. The standard InChI is InChI=1S/C23H25F3N6S/c1-12-7-19(33-30-12)31-10-13-4-5-14(11-31)21(13)27-23-28-22-16(3-2-6-32(22)29-23)15-8-17(24)20(26)18(25)9-15/h7-9,13-14,16,21H,2-6,10-11H2,1H3,(H,27,29)/t13-,14?,16?,21-/m0/s1. The summed E-state index contributed by atoms with van der Waals surface area (Å²) in [6, 6.07) is 4.62. The molecule has 0 spiro atoms. The quantitative estimate of drug-likeness (QED) is 0.555. The van der Waals surface area contributed by atoms with Gasteiger partial charge in [0.05, 0.1) is 5.69 Å². The molecule has 10 heteroatoms. The van der Waals surface area contributed by atoms with E-state index in [0.717, 1.165) is 37.3 Å². The highest BCUT2D eigenvalue weighted by Crippen LogP contribution is 2.41. The van der Waals surface area contributed by atoms with Crippen molar-refractivity contribution < 1.29 is 13.2 Å². The largest absolute Gasteiger partial charge is 0.361 e. The van der Waals surface area contributed by atoms with Crippen molar-refractivity contribution in [3.05, 3.63) is 52.7 Å². The highest BCUT2D eigenvalue weighted by Gasteiger charge is 2.43. The molecule has 174 valence electrons. The number of hydrogen-bond donors (Lipinski definition) is 1. The molecule has 1 saturated heterocycles. The summed E-state index contributed by atoms with van der Waals surface area (Å²) in [5.74, 6) is -1.82. The van der Waals surface area contributed by atoms with Gasteiger partial charge in [-0.3, -0.25) is 0 Å². The third kappa shape index (κ3) is 3.68. The van der Waals surface area contributed by atoms with Crippen LogP contribution >= 0.6 is 11.5 Å². The first-order chi connectivity index (χ1) is 16.0. The lowest BCUT2D eigenvalue weighted by Gasteiger charge is -2.38. The number of rotatable bonds is 4. The zero-order valence-electron chi connectivity index (χ0n) is 18.3. The van der Waals surface area contributed by atoms with Crippen molar-refractivity contribution in [1.82, 2.24) is 19.1 Å². The van der Waals surface area contributed by atoms with Gasteiger partial charge < -0.3 is 10.2 Å². The first-order valence-electron chi connectivity index (χ1n) is 11.5. The monoisotopic (exact) mass is 474 g/mol. The van der Waals surface area contributed by atoms with E-state index < -0.39 is 17.5 Å². The summed E-state index contributed by atoms with van der Waals surface area (Å²) in [4.78, 5) is 7.19. The van der Waals surface area contributed by atoms with Gasteiger partial charge in [-0.1, -0.05) is 0 Å². The first kappa shape index (κ1) is 20.9. The van der Waals surface area contributed by atoms with E-state index >= 15 is 0 Å². The first-order valence-corrected chi connectivity index (χ1v) is 12.3. The summed E-state index contributed by atoms with van der Waals surface area (Å²) in [5.41, 5.74) is 1.46. The molecule has 2 bridgehead atoms. The molecule has 1 saturated carbocycles. The maximum atomic E-state index is 13.9. The van der Waals surface area contributed by atoms with Crippen molar-refractivity contribution in [1.29, 1.82) is 0 Å². The number of aryl methyl sites for hydroxylation is 2.